The maximum absolute atomic E-state index is 12.2. The van der Waals surface area contributed by atoms with E-state index in [2.05, 4.69) is 5.32 Å². The van der Waals surface area contributed by atoms with E-state index >= 15 is 0 Å². The maximum Gasteiger partial charge on any atom is 0.251 e. The minimum absolute atomic E-state index is 0.0882. The molecule has 1 amide bonds. The van der Waals surface area contributed by atoms with Gasteiger partial charge in [0, 0.05) is 17.8 Å². The van der Waals surface area contributed by atoms with E-state index in [0.717, 1.165) is 16.7 Å². The third-order valence-electron chi connectivity index (χ3n) is 3.43. The lowest BCUT2D eigenvalue weighted by atomic mass is 10.0. The predicted molar refractivity (Wildman–Crippen MR) is 82.7 cm³/mol. The monoisotopic (exact) mass is 268 g/mol. The van der Waals surface area contributed by atoms with Crippen LogP contribution in [0.25, 0.3) is 0 Å². The van der Waals surface area contributed by atoms with Crippen molar-refractivity contribution in [1.82, 2.24) is 5.32 Å². The number of hydrogen-bond acceptors (Lipinski definition) is 2. The molecule has 3 heteroatoms. The molecule has 2 aromatic rings. The first-order valence-corrected chi connectivity index (χ1v) is 6.68. The van der Waals surface area contributed by atoms with Crippen molar-refractivity contribution in [1.29, 1.82) is 0 Å². The van der Waals surface area contributed by atoms with Crippen LogP contribution in [0.15, 0.2) is 36.4 Å². The molecule has 0 atom stereocenters. The van der Waals surface area contributed by atoms with Gasteiger partial charge in [0.05, 0.1) is 0 Å². The first kappa shape index (κ1) is 14.1. The van der Waals surface area contributed by atoms with Crippen LogP contribution >= 0.6 is 0 Å². The molecule has 0 aliphatic heterocycles. The van der Waals surface area contributed by atoms with Gasteiger partial charge in [-0.2, -0.15) is 0 Å². The van der Waals surface area contributed by atoms with Crippen LogP contribution in [-0.2, 0) is 6.54 Å². The summed E-state index contributed by atoms with van der Waals surface area (Å²) >= 11 is 0. The second-order valence-electron chi connectivity index (χ2n) is 5.19. The van der Waals surface area contributed by atoms with E-state index in [4.69, 9.17) is 5.73 Å². The van der Waals surface area contributed by atoms with Gasteiger partial charge in [-0.3, -0.25) is 4.79 Å². The molecule has 0 heterocycles. The van der Waals surface area contributed by atoms with Gasteiger partial charge < -0.3 is 11.1 Å². The summed E-state index contributed by atoms with van der Waals surface area (Å²) in [5.41, 5.74) is 11.4. The number of nitrogens with one attached hydrogen (secondary N) is 1. The second-order valence-corrected chi connectivity index (χ2v) is 5.19. The van der Waals surface area contributed by atoms with E-state index < -0.39 is 0 Å². The standard InChI is InChI=1S/C17H20N2O/c1-11-4-6-14(7-5-11)10-19-17(20)15-9-16(18)13(3)8-12(15)2/h4-9H,10,18H2,1-3H3,(H,19,20). The molecule has 0 unspecified atom stereocenters. The fourth-order valence-electron chi connectivity index (χ4n) is 2.10. The number of nitrogen functional groups attached to an aromatic ring is 1. The number of carbonyl (C=O) groups is 1. The highest BCUT2D eigenvalue weighted by Crippen LogP contribution is 2.17. The minimum atomic E-state index is -0.0882. The van der Waals surface area contributed by atoms with Crippen molar-refractivity contribution >= 4 is 11.6 Å². The number of rotatable bonds is 3. The van der Waals surface area contributed by atoms with Crippen molar-refractivity contribution in [3.63, 3.8) is 0 Å². The Morgan fingerprint density at radius 1 is 1.05 bits per heavy atom. The Bertz CT molecular complexity index is 630. The molecule has 0 bridgehead atoms. The van der Waals surface area contributed by atoms with Crippen molar-refractivity contribution in [2.75, 3.05) is 5.73 Å². The highest BCUT2D eigenvalue weighted by Gasteiger charge is 2.10. The molecule has 0 fully saturated rings. The van der Waals surface area contributed by atoms with E-state index in [9.17, 15) is 4.79 Å². The number of anilines is 1. The fourth-order valence-corrected chi connectivity index (χ4v) is 2.10. The Kier molecular flexibility index (Phi) is 4.08. The third kappa shape index (κ3) is 3.18. The van der Waals surface area contributed by atoms with E-state index in [1.54, 1.807) is 6.07 Å². The SMILES string of the molecule is Cc1ccc(CNC(=O)c2cc(N)c(C)cc2C)cc1. The summed E-state index contributed by atoms with van der Waals surface area (Å²) in [5.74, 6) is -0.0882. The predicted octanol–water partition coefficient (Wildman–Crippen LogP) is 3.12. The van der Waals surface area contributed by atoms with Crippen LogP contribution < -0.4 is 11.1 Å². The summed E-state index contributed by atoms with van der Waals surface area (Å²) in [4.78, 5) is 12.2. The van der Waals surface area contributed by atoms with Gasteiger partial charge in [-0.05, 0) is 43.5 Å². The summed E-state index contributed by atoms with van der Waals surface area (Å²) < 4.78 is 0. The molecule has 2 rings (SSSR count). The largest absolute Gasteiger partial charge is 0.398 e. The zero-order valence-electron chi connectivity index (χ0n) is 12.2. The number of carbonyl (C=O) groups excluding carboxylic acids is 1. The molecule has 2 aromatic carbocycles. The highest BCUT2D eigenvalue weighted by atomic mass is 16.1. The smallest absolute Gasteiger partial charge is 0.251 e. The molecule has 3 nitrogen and oxygen atoms in total. The number of hydrogen-bond donors (Lipinski definition) is 2. The Morgan fingerprint density at radius 2 is 1.70 bits per heavy atom. The first-order chi connectivity index (χ1) is 9.47. The molecule has 104 valence electrons. The van der Waals surface area contributed by atoms with E-state index in [1.807, 2.05) is 51.1 Å². The topological polar surface area (TPSA) is 55.1 Å². The van der Waals surface area contributed by atoms with Crippen molar-refractivity contribution in [2.24, 2.45) is 0 Å². The van der Waals surface area contributed by atoms with Crippen LogP contribution in [0.3, 0.4) is 0 Å². The lowest BCUT2D eigenvalue weighted by Crippen LogP contribution is -2.23. The Hall–Kier alpha value is -2.29. The Balaban J connectivity index is 2.09. The Morgan fingerprint density at radius 3 is 2.35 bits per heavy atom. The molecule has 20 heavy (non-hydrogen) atoms. The van der Waals surface area contributed by atoms with Crippen LogP contribution in [0.1, 0.15) is 32.6 Å². The number of aryl methyl sites for hydroxylation is 3. The van der Waals surface area contributed by atoms with Crippen molar-refractivity contribution in [2.45, 2.75) is 27.3 Å². The lowest BCUT2D eigenvalue weighted by molar-refractivity contribution is 0.0950. The van der Waals surface area contributed by atoms with Crippen LogP contribution in [0, 0.1) is 20.8 Å². The number of amides is 1. The molecule has 3 N–H and O–H groups in total. The Labute approximate surface area is 119 Å². The summed E-state index contributed by atoms with van der Waals surface area (Å²) in [6, 6.07) is 11.8. The van der Waals surface area contributed by atoms with Gasteiger partial charge in [0.25, 0.3) is 5.91 Å². The lowest BCUT2D eigenvalue weighted by Gasteiger charge is -2.10. The van der Waals surface area contributed by atoms with E-state index in [-0.39, 0.29) is 5.91 Å². The highest BCUT2D eigenvalue weighted by molar-refractivity contribution is 5.96. The minimum Gasteiger partial charge on any atom is -0.398 e. The summed E-state index contributed by atoms with van der Waals surface area (Å²) in [6.45, 7) is 6.43. The van der Waals surface area contributed by atoms with Gasteiger partial charge in [0.1, 0.15) is 0 Å². The summed E-state index contributed by atoms with van der Waals surface area (Å²) in [7, 11) is 0. The summed E-state index contributed by atoms with van der Waals surface area (Å²) in [6.07, 6.45) is 0. The number of benzene rings is 2. The maximum atomic E-state index is 12.2. The molecule has 0 spiro atoms. The molecular formula is C17H20N2O. The van der Waals surface area contributed by atoms with Crippen LogP contribution in [0.5, 0.6) is 0 Å². The summed E-state index contributed by atoms with van der Waals surface area (Å²) in [5, 5.41) is 2.93. The van der Waals surface area contributed by atoms with Crippen LogP contribution in [0.2, 0.25) is 0 Å². The van der Waals surface area contributed by atoms with Gasteiger partial charge in [-0.1, -0.05) is 35.9 Å². The van der Waals surface area contributed by atoms with Gasteiger partial charge in [0.2, 0.25) is 0 Å². The number of nitrogens with two attached hydrogens (primary N) is 1. The first-order valence-electron chi connectivity index (χ1n) is 6.68. The van der Waals surface area contributed by atoms with Gasteiger partial charge in [0.15, 0.2) is 0 Å². The molecule has 0 saturated carbocycles. The average Bonchev–Trinajstić information content (AvgIpc) is 2.42. The van der Waals surface area contributed by atoms with Gasteiger partial charge >= 0.3 is 0 Å². The molecular weight excluding hydrogens is 248 g/mol. The molecule has 0 aliphatic carbocycles. The molecule has 0 saturated heterocycles. The van der Waals surface area contributed by atoms with Crippen molar-refractivity contribution in [3.05, 3.63) is 64.2 Å². The normalized spacial score (nSPS) is 10.3. The van der Waals surface area contributed by atoms with Crippen LogP contribution in [0.4, 0.5) is 5.69 Å². The van der Waals surface area contributed by atoms with Crippen molar-refractivity contribution in [3.8, 4) is 0 Å². The van der Waals surface area contributed by atoms with Gasteiger partial charge in [-0.25, -0.2) is 0 Å². The molecule has 0 radical (unpaired) electrons. The average molecular weight is 268 g/mol. The third-order valence-corrected chi connectivity index (χ3v) is 3.43. The molecule has 0 aliphatic rings. The van der Waals surface area contributed by atoms with Gasteiger partial charge in [-0.15, -0.1) is 0 Å². The zero-order valence-corrected chi connectivity index (χ0v) is 12.2. The van der Waals surface area contributed by atoms with E-state index in [0.29, 0.717) is 17.8 Å². The quantitative estimate of drug-likeness (QED) is 0.840. The second kappa shape index (κ2) is 5.78. The zero-order chi connectivity index (χ0) is 14.7. The van der Waals surface area contributed by atoms with Crippen molar-refractivity contribution < 1.29 is 4.79 Å². The van der Waals surface area contributed by atoms with Crippen LogP contribution in [-0.4, -0.2) is 5.91 Å². The molecule has 0 aromatic heterocycles. The van der Waals surface area contributed by atoms with E-state index in [1.165, 1.54) is 5.56 Å². The fraction of sp³-hybridized carbons (Fsp3) is 0.235.